The van der Waals surface area contributed by atoms with Crippen molar-refractivity contribution in [1.82, 2.24) is 0 Å². The summed E-state index contributed by atoms with van der Waals surface area (Å²) in [4.78, 5) is 11.7. The van der Waals surface area contributed by atoms with Crippen LogP contribution in [-0.4, -0.2) is 19.7 Å². The molecule has 3 rings (SSSR count). The Kier molecular flexibility index (Phi) is 4.00. The van der Waals surface area contributed by atoms with E-state index < -0.39 is 5.97 Å². The number of carbonyl (C=O) groups excluding carboxylic acids is 1. The predicted molar refractivity (Wildman–Crippen MR) is 83.1 cm³/mol. The van der Waals surface area contributed by atoms with Crippen LogP contribution in [0.1, 0.15) is 25.0 Å². The van der Waals surface area contributed by atoms with Crippen LogP contribution in [0, 0.1) is 0 Å². The monoisotopic (exact) mass is 298 g/mol. The van der Waals surface area contributed by atoms with E-state index in [0.29, 0.717) is 18.8 Å². The number of hydrogen-bond acceptors (Lipinski definition) is 4. The molecule has 0 N–H and O–H groups in total. The van der Waals surface area contributed by atoms with Gasteiger partial charge in [0.05, 0.1) is 13.7 Å². The van der Waals surface area contributed by atoms with Crippen molar-refractivity contribution in [3.05, 3.63) is 59.5 Å². The minimum Gasteiger partial charge on any atom is -0.486 e. The van der Waals surface area contributed by atoms with Crippen molar-refractivity contribution in [2.75, 3.05) is 13.7 Å². The quantitative estimate of drug-likeness (QED) is 0.793. The molecular weight excluding hydrogens is 280 g/mol. The van der Waals surface area contributed by atoms with Crippen LogP contribution in [0.5, 0.6) is 0 Å². The van der Waals surface area contributed by atoms with Crippen LogP contribution in [0.4, 0.5) is 0 Å². The van der Waals surface area contributed by atoms with Gasteiger partial charge in [0.15, 0.2) is 0 Å². The Morgan fingerprint density at radius 1 is 1.18 bits per heavy atom. The van der Waals surface area contributed by atoms with Crippen molar-refractivity contribution >= 4 is 16.7 Å². The topological polar surface area (TPSA) is 44.8 Å². The van der Waals surface area contributed by atoms with Crippen molar-refractivity contribution in [3.63, 3.8) is 0 Å². The molecule has 1 atom stereocenters. The summed E-state index contributed by atoms with van der Waals surface area (Å²) in [6, 6.07) is 14.5. The average Bonchev–Trinajstić information content (AvgIpc) is 2.75. The van der Waals surface area contributed by atoms with Gasteiger partial charge in [0.25, 0.3) is 0 Å². The van der Waals surface area contributed by atoms with Gasteiger partial charge in [-0.25, -0.2) is 4.79 Å². The van der Waals surface area contributed by atoms with E-state index in [2.05, 4.69) is 30.3 Å². The Bertz CT molecular complexity index is 733. The maximum atomic E-state index is 11.7. The zero-order valence-electron chi connectivity index (χ0n) is 12.7. The Labute approximate surface area is 129 Å². The first-order valence-corrected chi connectivity index (χ1v) is 7.26. The molecule has 0 bridgehead atoms. The molecule has 2 aromatic carbocycles. The fraction of sp³-hybridized carbons (Fsp3) is 0.278. The van der Waals surface area contributed by atoms with Gasteiger partial charge in [0, 0.05) is 6.42 Å². The third-order valence-corrected chi connectivity index (χ3v) is 3.78. The summed E-state index contributed by atoms with van der Waals surface area (Å²) in [5, 5.41) is 2.36. The molecule has 1 aliphatic heterocycles. The van der Waals surface area contributed by atoms with Gasteiger partial charge in [-0.05, 0) is 29.3 Å². The maximum absolute atomic E-state index is 11.7. The van der Waals surface area contributed by atoms with E-state index in [0.717, 1.165) is 5.56 Å². The summed E-state index contributed by atoms with van der Waals surface area (Å²) < 4.78 is 16.1. The molecule has 0 fully saturated rings. The highest BCUT2D eigenvalue weighted by atomic mass is 16.6. The molecule has 1 unspecified atom stereocenters. The smallest absolute Gasteiger partial charge is 0.376 e. The van der Waals surface area contributed by atoms with Gasteiger partial charge in [-0.2, -0.15) is 0 Å². The highest BCUT2D eigenvalue weighted by Gasteiger charge is 2.25. The molecule has 0 saturated heterocycles. The second-order valence-electron chi connectivity index (χ2n) is 5.23. The van der Waals surface area contributed by atoms with Crippen LogP contribution >= 0.6 is 0 Å². The Balaban J connectivity index is 1.90. The first-order chi connectivity index (χ1) is 10.7. The summed E-state index contributed by atoms with van der Waals surface area (Å²) in [7, 11) is 1.33. The molecule has 0 radical (unpaired) electrons. The van der Waals surface area contributed by atoms with Crippen molar-refractivity contribution in [1.29, 1.82) is 0 Å². The van der Waals surface area contributed by atoms with Crippen LogP contribution in [0.3, 0.4) is 0 Å². The Morgan fingerprint density at radius 2 is 1.95 bits per heavy atom. The van der Waals surface area contributed by atoms with E-state index in [1.165, 1.54) is 17.9 Å². The molecule has 0 saturated carbocycles. The van der Waals surface area contributed by atoms with E-state index in [4.69, 9.17) is 14.2 Å². The van der Waals surface area contributed by atoms with Crippen LogP contribution in [0.15, 0.2) is 54.0 Å². The lowest BCUT2D eigenvalue weighted by Crippen LogP contribution is -2.10. The largest absolute Gasteiger partial charge is 0.486 e. The van der Waals surface area contributed by atoms with Gasteiger partial charge in [0.1, 0.15) is 11.9 Å². The van der Waals surface area contributed by atoms with E-state index in [-0.39, 0.29) is 11.9 Å². The molecule has 4 nitrogen and oxygen atoms in total. The Morgan fingerprint density at radius 3 is 2.73 bits per heavy atom. The van der Waals surface area contributed by atoms with Crippen LogP contribution in [0.25, 0.3) is 10.8 Å². The highest BCUT2D eigenvalue weighted by Crippen LogP contribution is 2.31. The first-order valence-electron chi connectivity index (χ1n) is 7.26. The number of esters is 1. The van der Waals surface area contributed by atoms with Crippen molar-refractivity contribution in [2.45, 2.75) is 19.4 Å². The molecular formula is C18H18O4. The van der Waals surface area contributed by atoms with E-state index in [9.17, 15) is 4.79 Å². The molecule has 0 aliphatic carbocycles. The Hall–Kier alpha value is -2.49. The van der Waals surface area contributed by atoms with Gasteiger partial charge in [-0.15, -0.1) is 0 Å². The standard InChI is InChI=1S/C18H18O4/c1-12-17(18(19)20-2)21-10-9-16(22-12)15-8-7-13-5-3-4-6-14(13)11-15/h3-8,11,16H,9-10H2,1-2H3. The predicted octanol–water partition coefficient (Wildman–Crippen LogP) is 3.72. The summed E-state index contributed by atoms with van der Waals surface area (Å²) in [5.41, 5.74) is 1.08. The molecule has 114 valence electrons. The van der Waals surface area contributed by atoms with Gasteiger partial charge >= 0.3 is 5.97 Å². The number of fused-ring (bicyclic) bond motifs is 1. The van der Waals surface area contributed by atoms with Gasteiger partial charge in [0.2, 0.25) is 5.76 Å². The third kappa shape index (κ3) is 2.77. The number of methoxy groups -OCH3 is 1. The minimum absolute atomic E-state index is 0.133. The summed E-state index contributed by atoms with van der Waals surface area (Å²) in [6.07, 6.45) is 0.544. The number of benzene rings is 2. The second kappa shape index (κ2) is 6.10. The molecule has 4 heteroatoms. The molecule has 0 amide bonds. The lowest BCUT2D eigenvalue weighted by atomic mass is 10.0. The lowest BCUT2D eigenvalue weighted by molar-refractivity contribution is -0.140. The lowest BCUT2D eigenvalue weighted by Gasteiger charge is -2.17. The average molecular weight is 298 g/mol. The number of allylic oxidation sites excluding steroid dienone is 1. The molecule has 2 aromatic rings. The fourth-order valence-corrected chi connectivity index (χ4v) is 2.63. The SMILES string of the molecule is COC(=O)C1=C(C)OC(c2ccc3ccccc3c2)CCO1. The summed E-state index contributed by atoms with van der Waals surface area (Å²) in [5.74, 6) is 0.116. The molecule has 0 aromatic heterocycles. The summed E-state index contributed by atoms with van der Waals surface area (Å²) >= 11 is 0. The highest BCUT2D eigenvalue weighted by molar-refractivity contribution is 5.86. The van der Waals surface area contributed by atoms with Crippen molar-refractivity contribution < 1.29 is 19.0 Å². The molecule has 22 heavy (non-hydrogen) atoms. The van der Waals surface area contributed by atoms with E-state index >= 15 is 0 Å². The van der Waals surface area contributed by atoms with E-state index in [1.807, 2.05) is 12.1 Å². The van der Waals surface area contributed by atoms with Gasteiger partial charge in [-0.3, -0.25) is 0 Å². The molecule has 0 spiro atoms. The van der Waals surface area contributed by atoms with Crippen molar-refractivity contribution in [2.24, 2.45) is 0 Å². The summed E-state index contributed by atoms with van der Waals surface area (Å²) in [6.45, 7) is 2.14. The first kappa shape index (κ1) is 14.4. The third-order valence-electron chi connectivity index (χ3n) is 3.78. The number of ether oxygens (including phenoxy) is 3. The van der Waals surface area contributed by atoms with Crippen molar-refractivity contribution in [3.8, 4) is 0 Å². The maximum Gasteiger partial charge on any atom is 0.376 e. The van der Waals surface area contributed by atoms with Crippen LogP contribution < -0.4 is 0 Å². The number of carbonyl (C=O) groups is 1. The number of rotatable bonds is 2. The van der Waals surface area contributed by atoms with Gasteiger partial charge < -0.3 is 14.2 Å². The number of hydrogen-bond donors (Lipinski definition) is 0. The zero-order valence-corrected chi connectivity index (χ0v) is 12.7. The fourth-order valence-electron chi connectivity index (χ4n) is 2.63. The normalized spacial score (nSPS) is 18.4. The van der Waals surface area contributed by atoms with E-state index in [1.54, 1.807) is 6.92 Å². The van der Waals surface area contributed by atoms with Crippen LogP contribution in [-0.2, 0) is 19.0 Å². The minimum atomic E-state index is -0.503. The zero-order chi connectivity index (χ0) is 15.5. The molecule has 1 aliphatic rings. The van der Waals surface area contributed by atoms with Crippen LogP contribution in [0.2, 0.25) is 0 Å². The second-order valence-corrected chi connectivity index (χ2v) is 5.23. The molecule has 1 heterocycles. The van der Waals surface area contributed by atoms with Gasteiger partial charge in [-0.1, -0.05) is 36.4 Å².